The van der Waals surface area contributed by atoms with Crippen LogP contribution in [0.1, 0.15) is 45.4 Å². The average molecular weight is 152 g/mol. The highest BCUT2D eigenvalue weighted by atomic mass is 16.1. The van der Waals surface area contributed by atoms with Crippen LogP contribution in [0.4, 0.5) is 0 Å². The molecule has 0 amide bonds. The van der Waals surface area contributed by atoms with Crippen molar-refractivity contribution in [2.75, 3.05) is 0 Å². The van der Waals surface area contributed by atoms with Crippen molar-refractivity contribution < 1.29 is 4.79 Å². The minimum absolute atomic E-state index is 0.167. The molecule has 11 heavy (non-hydrogen) atoms. The van der Waals surface area contributed by atoms with Gasteiger partial charge in [-0.15, -0.1) is 0 Å². The first-order valence-corrected chi connectivity index (χ1v) is 4.79. The van der Waals surface area contributed by atoms with Crippen molar-refractivity contribution in [1.29, 1.82) is 0 Å². The van der Waals surface area contributed by atoms with E-state index in [2.05, 4.69) is 6.92 Å². The maximum atomic E-state index is 11.6. The molecule has 2 aliphatic carbocycles. The van der Waals surface area contributed by atoms with Crippen molar-refractivity contribution in [2.45, 2.75) is 45.4 Å². The van der Waals surface area contributed by atoms with E-state index in [1.165, 1.54) is 25.7 Å². The second-order valence-electron chi connectivity index (χ2n) is 4.23. The van der Waals surface area contributed by atoms with Crippen LogP contribution in [0.5, 0.6) is 0 Å². The van der Waals surface area contributed by atoms with E-state index in [9.17, 15) is 4.79 Å². The normalized spacial score (nSPS) is 44.1. The SMILES string of the molecule is C[C@H]1CCCC12CCCC2=O. The summed E-state index contributed by atoms with van der Waals surface area (Å²) in [5.41, 5.74) is 0.167. The Labute approximate surface area is 68.2 Å². The first-order chi connectivity index (χ1) is 5.26. The Morgan fingerprint density at radius 3 is 2.55 bits per heavy atom. The Balaban J connectivity index is 2.25. The quantitative estimate of drug-likeness (QED) is 0.521. The molecule has 0 bridgehead atoms. The van der Waals surface area contributed by atoms with E-state index in [1.807, 2.05) is 0 Å². The van der Waals surface area contributed by atoms with Gasteiger partial charge in [-0.05, 0) is 31.6 Å². The average Bonchev–Trinajstić information content (AvgIpc) is 2.48. The van der Waals surface area contributed by atoms with Gasteiger partial charge in [0.2, 0.25) is 0 Å². The van der Waals surface area contributed by atoms with Crippen molar-refractivity contribution in [3.8, 4) is 0 Å². The van der Waals surface area contributed by atoms with Crippen molar-refractivity contribution in [3.63, 3.8) is 0 Å². The lowest BCUT2D eigenvalue weighted by molar-refractivity contribution is -0.127. The summed E-state index contributed by atoms with van der Waals surface area (Å²) in [4.78, 5) is 11.6. The number of ketones is 1. The van der Waals surface area contributed by atoms with E-state index in [0.29, 0.717) is 11.7 Å². The van der Waals surface area contributed by atoms with Crippen LogP contribution in [0, 0.1) is 11.3 Å². The first kappa shape index (κ1) is 7.33. The van der Waals surface area contributed by atoms with Gasteiger partial charge in [0.1, 0.15) is 5.78 Å². The van der Waals surface area contributed by atoms with Crippen LogP contribution < -0.4 is 0 Å². The number of Topliss-reactive ketones (excluding diaryl/α,β-unsaturated/α-hetero) is 1. The number of carbonyl (C=O) groups excluding carboxylic acids is 1. The molecule has 1 nitrogen and oxygen atoms in total. The predicted molar refractivity (Wildman–Crippen MR) is 44.3 cm³/mol. The van der Waals surface area contributed by atoms with E-state index in [1.54, 1.807) is 0 Å². The smallest absolute Gasteiger partial charge is 0.139 e. The third kappa shape index (κ3) is 0.863. The highest BCUT2D eigenvalue weighted by Crippen LogP contribution is 2.51. The fraction of sp³-hybridized carbons (Fsp3) is 0.900. The van der Waals surface area contributed by atoms with Gasteiger partial charge in [0.25, 0.3) is 0 Å². The van der Waals surface area contributed by atoms with E-state index >= 15 is 0 Å². The third-order valence-corrected chi connectivity index (χ3v) is 3.79. The van der Waals surface area contributed by atoms with E-state index < -0.39 is 0 Å². The minimum Gasteiger partial charge on any atom is -0.299 e. The Morgan fingerprint density at radius 1 is 1.36 bits per heavy atom. The summed E-state index contributed by atoms with van der Waals surface area (Å²) < 4.78 is 0. The van der Waals surface area contributed by atoms with Crippen molar-refractivity contribution in [2.24, 2.45) is 11.3 Å². The van der Waals surface area contributed by atoms with Crippen LogP contribution in [0.2, 0.25) is 0 Å². The largest absolute Gasteiger partial charge is 0.299 e. The van der Waals surface area contributed by atoms with Gasteiger partial charge in [-0.2, -0.15) is 0 Å². The zero-order chi connectivity index (χ0) is 7.90. The zero-order valence-corrected chi connectivity index (χ0v) is 7.23. The number of hydrogen-bond donors (Lipinski definition) is 0. The molecule has 2 saturated carbocycles. The molecule has 2 rings (SSSR count). The maximum Gasteiger partial charge on any atom is 0.139 e. The van der Waals surface area contributed by atoms with Crippen LogP contribution in [-0.4, -0.2) is 5.78 Å². The predicted octanol–water partition coefficient (Wildman–Crippen LogP) is 2.55. The molecule has 0 radical (unpaired) electrons. The summed E-state index contributed by atoms with van der Waals surface area (Å²) in [5, 5.41) is 0. The third-order valence-electron chi connectivity index (χ3n) is 3.79. The van der Waals surface area contributed by atoms with E-state index in [4.69, 9.17) is 0 Å². The van der Waals surface area contributed by atoms with Gasteiger partial charge < -0.3 is 0 Å². The standard InChI is InChI=1S/C10H16O/c1-8-4-2-6-10(8)7-3-5-9(10)11/h8H,2-7H2,1H3/t8-,10?/m0/s1. The van der Waals surface area contributed by atoms with Gasteiger partial charge in [-0.3, -0.25) is 4.79 Å². The summed E-state index contributed by atoms with van der Waals surface area (Å²) in [5.74, 6) is 1.25. The minimum atomic E-state index is 0.167. The molecule has 0 saturated heterocycles. The van der Waals surface area contributed by atoms with Crippen LogP contribution in [-0.2, 0) is 4.79 Å². The summed E-state index contributed by atoms with van der Waals surface area (Å²) in [6.07, 6.45) is 6.96. The lowest BCUT2D eigenvalue weighted by Crippen LogP contribution is -2.27. The lowest BCUT2D eigenvalue weighted by Gasteiger charge is -2.26. The molecular formula is C10H16O. The first-order valence-electron chi connectivity index (χ1n) is 4.79. The number of carbonyl (C=O) groups is 1. The monoisotopic (exact) mass is 152 g/mol. The fourth-order valence-corrected chi connectivity index (χ4v) is 2.98. The second kappa shape index (κ2) is 2.33. The zero-order valence-electron chi connectivity index (χ0n) is 7.23. The lowest BCUT2D eigenvalue weighted by atomic mass is 9.77. The Morgan fingerprint density at radius 2 is 2.09 bits per heavy atom. The molecule has 0 N–H and O–H groups in total. The molecule has 0 heterocycles. The van der Waals surface area contributed by atoms with Gasteiger partial charge in [0.05, 0.1) is 0 Å². The van der Waals surface area contributed by atoms with Gasteiger partial charge in [0, 0.05) is 11.8 Å². The van der Waals surface area contributed by atoms with Crippen molar-refractivity contribution >= 4 is 5.78 Å². The molecule has 62 valence electrons. The van der Waals surface area contributed by atoms with Gasteiger partial charge in [0.15, 0.2) is 0 Å². The summed E-state index contributed by atoms with van der Waals surface area (Å²) in [7, 11) is 0. The molecule has 0 aromatic heterocycles. The van der Waals surface area contributed by atoms with Crippen LogP contribution in [0.25, 0.3) is 0 Å². The molecule has 1 unspecified atom stereocenters. The Bertz CT molecular complexity index is 181. The molecule has 2 aliphatic rings. The molecular weight excluding hydrogens is 136 g/mol. The fourth-order valence-electron chi connectivity index (χ4n) is 2.98. The highest BCUT2D eigenvalue weighted by molar-refractivity contribution is 5.87. The van der Waals surface area contributed by atoms with E-state index in [-0.39, 0.29) is 5.41 Å². The Kier molecular flexibility index (Phi) is 1.55. The summed E-state index contributed by atoms with van der Waals surface area (Å²) in [6.45, 7) is 2.26. The maximum absolute atomic E-state index is 11.6. The van der Waals surface area contributed by atoms with Crippen LogP contribution in [0.15, 0.2) is 0 Å². The Hall–Kier alpha value is -0.330. The molecule has 2 atom stereocenters. The molecule has 1 spiro atoms. The van der Waals surface area contributed by atoms with Gasteiger partial charge in [-0.25, -0.2) is 0 Å². The van der Waals surface area contributed by atoms with Crippen molar-refractivity contribution in [1.82, 2.24) is 0 Å². The molecule has 0 aromatic carbocycles. The summed E-state index contributed by atoms with van der Waals surface area (Å²) in [6, 6.07) is 0. The van der Waals surface area contributed by atoms with Gasteiger partial charge >= 0.3 is 0 Å². The van der Waals surface area contributed by atoms with E-state index in [0.717, 1.165) is 12.8 Å². The van der Waals surface area contributed by atoms with Crippen LogP contribution >= 0.6 is 0 Å². The topological polar surface area (TPSA) is 17.1 Å². The molecule has 1 heteroatoms. The van der Waals surface area contributed by atoms with Crippen LogP contribution in [0.3, 0.4) is 0 Å². The molecule has 0 aliphatic heterocycles. The molecule has 0 aromatic rings. The van der Waals surface area contributed by atoms with Gasteiger partial charge in [-0.1, -0.05) is 13.3 Å². The highest BCUT2D eigenvalue weighted by Gasteiger charge is 2.48. The summed E-state index contributed by atoms with van der Waals surface area (Å²) >= 11 is 0. The van der Waals surface area contributed by atoms with Crippen molar-refractivity contribution in [3.05, 3.63) is 0 Å². The number of hydrogen-bond acceptors (Lipinski definition) is 1. The number of rotatable bonds is 0. The molecule has 2 fully saturated rings. The second-order valence-corrected chi connectivity index (χ2v) is 4.23.